The van der Waals surface area contributed by atoms with Gasteiger partial charge < -0.3 is 14.7 Å². The van der Waals surface area contributed by atoms with Crippen LogP contribution in [0.3, 0.4) is 0 Å². The normalized spacial score (nSPS) is 17.3. The van der Waals surface area contributed by atoms with Crippen LogP contribution in [0.15, 0.2) is 36.4 Å². The van der Waals surface area contributed by atoms with Gasteiger partial charge in [0.05, 0.1) is 21.7 Å². The molecule has 0 spiro atoms. The third kappa shape index (κ3) is 5.41. The first-order valence-corrected chi connectivity index (χ1v) is 11.6. The highest BCUT2D eigenvalue weighted by Gasteiger charge is 2.26. The lowest BCUT2D eigenvalue weighted by atomic mass is 10.1. The third-order valence-electron chi connectivity index (χ3n) is 5.31. The van der Waals surface area contributed by atoms with Crippen molar-refractivity contribution in [1.29, 1.82) is 0 Å². The van der Waals surface area contributed by atoms with Crippen molar-refractivity contribution in [3.8, 4) is 5.75 Å². The predicted octanol–water partition coefficient (Wildman–Crippen LogP) is 4.82. The maximum Gasteiger partial charge on any atom is 0.307 e. The van der Waals surface area contributed by atoms with E-state index in [1.807, 2.05) is 18.2 Å². The maximum atomic E-state index is 10.9. The number of nitrogens with zero attached hydrogens (tertiary/aromatic N) is 3. The highest BCUT2D eigenvalue weighted by atomic mass is 35.5. The van der Waals surface area contributed by atoms with Gasteiger partial charge in [0.25, 0.3) is 0 Å². The molecule has 6 nitrogen and oxygen atoms in total. The average Bonchev–Trinajstić information content (AvgIpc) is 3.12. The highest BCUT2D eigenvalue weighted by molar-refractivity contribution is 7.22. The Kier molecular flexibility index (Phi) is 6.86. The summed E-state index contributed by atoms with van der Waals surface area (Å²) in [6, 6.07) is 11.2. The van der Waals surface area contributed by atoms with Crippen molar-refractivity contribution < 1.29 is 14.6 Å². The van der Waals surface area contributed by atoms with Crippen molar-refractivity contribution in [1.82, 2.24) is 9.88 Å². The number of piperazine rings is 1. The molecule has 1 aliphatic rings. The maximum absolute atomic E-state index is 10.9. The van der Waals surface area contributed by atoms with Crippen LogP contribution in [0.5, 0.6) is 5.75 Å². The quantitative estimate of drug-likeness (QED) is 0.523. The van der Waals surface area contributed by atoms with Crippen LogP contribution in [0, 0.1) is 0 Å². The molecule has 1 atom stereocenters. The second-order valence-electron chi connectivity index (χ2n) is 7.64. The Bertz CT molecular complexity index is 1090. The van der Waals surface area contributed by atoms with Crippen LogP contribution >= 0.6 is 34.5 Å². The van der Waals surface area contributed by atoms with Gasteiger partial charge in [-0.05, 0) is 42.8 Å². The van der Waals surface area contributed by atoms with Gasteiger partial charge in [-0.1, -0.05) is 40.6 Å². The summed E-state index contributed by atoms with van der Waals surface area (Å²) in [5.74, 6) is -0.350. The summed E-state index contributed by atoms with van der Waals surface area (Å²) in [4.78, 5) is 20.4. The molecule has 0 unspecified atom stereocenters. The topological polar surface area (TPSA) is 65.9 Å². The molecule has 1 saturated heterocycles. The number of carboxylic acids is 1. The van der Waals surface area contributed by atoms with Gasteiger partial charge in [0.1, 0.15) is 12.4 Å². The predicted molar refractivity (Wildman–Crippen MR) is 126 cm³/mol. The number of carboxylic acid groups (broad SMARTS) is 1. The fourth-order valence-corrected chi connectivity index (χ4v) is 5.30. The van der Waals surface area contributed by atoms with E-state index in [-0.39, 0.29) is 6.42 Å². The molecule has 1 fully saturated rings. The van der Waals surface area contributed by atoms with Gasteiger partial charge in [0, 0.05) is 37.2 Å². The first-order chi connectivity index (χ1) is 14.9. The second kappa shape index (κ2) is 9.61. The van der Waals surface area contributed by atoms with Crippen molar-refractivity contribution in [2.24, 2.45) is 0 Å². The highest BCUT2D eigenvalue weighted by Crippen LogP contribution is 2.32. The van der Waals surface area contributed by atoms with E-state index in [1.165, 1.54) is 0 Å². The molecule has 1 N–H and O–H groups in total. The van der Waals surface area contributed by atoms with Gasteiger partial charge in [0.2, 0.25) is 0 Å². The SMILES string of the molecule is C[C@H]1CN(CCOc2cc(CC(=O)O)ccc2Cl)CCN1c1nc2ccc(Cl)cc2s1. The number of aliphatic carboxylic acids is 1. The minimum absolute atomic E-state index is 0.0506. The number of hydrogen-bond donors (Lipinski definition) is 1. The summed E-state index contributed by atoms with van der Waals surface area (Å²) < 4.78 is 6.96. The second-order valence-corrected chi connectivity index (χ2v) is 9.49. The Labute approximate surface area is 195 Å². The van der Waals surface area contributed by atoms with Crippen LogP contribution in [-0.2, 0) is 11.2 Å². The van der Waals surface area contributed by atoms with Gasteiger partial charge in [-0.15, -0.1) is 0 Å². The van der Waals surface area contributed by atoms with Crippen LogP contribution in [0.4, 0.5) is 5.13 Å². The Morgan fingerprint density at radius 1 is 1.26 bits per heavy atom. The zero-order valence-electron chi connectivity index (χ0n) is 17.1. The van der Waals surface area contributed by atoms with Crippen LogP contribution in [0.2, 0.25) is 10.0 Å². The van der Waals surface area contributed by atoms with Crippen LogP contribution in [0.1, 0.15) is 12.5 Å². The number of anilines is 1. The van der Waals surface area contributed by atoms with Crippen LogP contribution in [0.25, 0.3) is 10.2 Å². The van der Waals surface area contributed by atoms with Gasteiger partial charge >= 0.3 is 5.97 Å². The number of rotatable bonds is 7. The molecule has 0 saturated carbocycles. The fraction of sp³-hybridized carbons (Fsp3) is 0.364. The minimum Gasteiger partial charge on any atom is -0.491 e. The third-order valence-corrected chi connectivity index (χ3v) is 6.92. The molecule has 9 heteroatoms. The molecule has 0 radical (unpaired) electrons. The van der Waals surface area contributed by atoms with E-state index in [0.29, 0.717) is 29.0 Å². The molecule has 2 aromatic carbocycles. The van der Waals surface area contributed by atoms with E-state index >= 15 is 0 Å². The van der Waals surface area contributed by atoms with E-state index in [9.17, 15) is 4.79 Å². The van der Waals surface area contributed by atoms with E-state index in [1.54, 1.807) is 29.5 Å². The first-order valence-electron chi connectivity index (χ1n) is 10.1. The first kappa shape index (κ1) is 22.1. The molecule has 0 aliphatic carbocycles. The fourth-order valence-electron chi connectivity index (χ4n) is 3.76. The van der Waals surface area contributed by atoms with Gasteiger partial charge in [-0.3, -0.25) is 9.69 Å². The van der Waals surface area contributed by atoms with Crippen molar-refractivity contribution in [3.63, 3.8) is 0 Å². The van der Waals surface area contributed by atoms with E-state index in [0.717, 1.165) is 46.5 Å². The number of benzene rings is 2. The monoisotopic (exact) mass is 479 g/mol. The lowest BCUT2D eigenvalue weighted by molar-refractivity contribution is -0.136. The number of aromatic nitrogens is 1. The summed E-state index contributed by atoms with van der Waals surface area (Å²) >= 11 is 14.0. The zero-order valence-corrected chi connectivity index (χ0v) is 19.4. The largest absolute Gasteiger partial charge is 0.491 e. The molecule has 0 amide bonds. The molecule has 3 aromatic rings. The van der Waals surface area contributed by atoms with Gasteiger partial charge in [0.15, 0.2) is 5.13 Å². The minimum atomic E-state index is -0.878. The van der Waals surface area contributed by atoms with E-state index in [2.05, 4.69) is 16.7 Å². The summed E-state index contributed by atoms with van der Waals surface area (Å²) in [7, 11) is 0. The average molecular weight is 480 g/mol. The summed E-state index contributed by atoms with van der Waals surface area (Å²) in [6.45, 7) is 6.18. The molecule has 4 rings (SSSR count). The Hall–Kier alpha value is -2.06. The van der Waals surface area contributed by atoms with Gasteiger partial charge in [-0.25, -0.2) is 4.98 Å². The number of hydrogen-bond acceptors (Lipinski definition) is 6. The lowest BCUT2D eigenvalue weighted by Crippen LogP contribution is -2.52. The molecule has 0 bridgehead atoms. The lowest BCUT2D eigenvalue weighted by Gasteiger charge is -2.39. The van der Waals surface area contributed by atoms with Crippen LogP contribution in [-0.4, -0.2) is 59.8 Å². The van der Waals surface area contributed by atoms with Gasteiger partial charge in [-0.2, -0.15) is 0 Å². The standard InChI is InChI=1S/C22H23Cl2N3O3S/c1-14-13-26(8-9-30-19-10-15(11-21(28)29)2-4-17(19)24)6-7-27(14)22-25-18-5-3-16(23)12-20(18)31-22/h2-5,10,12,14H,6-9,11,13H2,1H3,(H,28,29)/t14-/m0/s1. The number of ether oxygens (including phenoxy) is 1. The molecular weight excluding hydrogens is 457 g/mol. The summed E-state index contributed by atoms with van der Waals surface area (Å²) in [6.07, 6.45) is -0.0506. The molecule has 1 aromatic heterocycles. The zero-order chi connectivity index (χ0) is 22.0. The van der Waals surface area contributed by atoms with Crippen molar-refractivity contribution in [2.45, 2.75) is 19.4 Å². The number of thiazole rings is 1. The molecule has 1 aliphatic heterocycles. The van der Waals surface area contributed by atoms with Crippen molar-refractivity contribution in [2.75, 3.05) is 37.7 Å². The van der Waals surface area contributed by atoms with E-state index in [4.69, 9.17) is 38.0 Å². The molecule has 2 heterocycles. The molecule has 164 valence electrons. The Morgan fingerprint density at radius 2 is 2.10 bits per heavy atom. The summed E-state index contributed by atoms with van der Waals surface area (Å²) in [5.41, 5.74) is 1.65. The molecule has 31 heavy (non-hydrogen) atoms. The van der Waals surface area contributed by atoms with Crippen molar-refractivity contribution >= 4 is 55.9 Å². The molecular formula is C22H23Cl2N3O3S. The number of carbonyl (C=O) groups is 1. The Balaban J connectivity index is 1.32. The Morgan fingerprint density at radius 3 is 2.87 bits per heavy atom. The number of fused-ring (bicyclic) bond motifs is 1. The smallest absolute Gasteiger partial charge is 0.307 e. The van der Waals surface area contributed by atoms with E-state index < -0.39 is 5.97 Å². The summed E-state index contributed by atoms with van der Waals surface area (Å²) in [5, 5.41) is 11.2. The van der Waals surface area contributed by atoms with Crippen molar-refractivity contribution in [3.05, 3.63) is 52.0 Å². The van der Waals surface area contributed by atoms with Crippen LogP contribution < -0.4 is 9.64 Å². The number of halogens is 2.